The van der Waals surface area contributed by atoms with Crippen molar-refractivity contribution in [3.05, 3.63) is 34.9 Å². The number of benzene rings is 1. The molecule has 21 heavy (non-hydrogen) atoms. The second kappa shape index (κ2) is 7.08. The molecule has 0 radical (unpaired) electrons. The third-order valence-corrected chi connectivity index (χ3v) is 4.44. The number of aryl methyl sites for hydroxylation is 2. The Hall–Kier alpha value is -1.35. The predicted molar refractivity (Wildman–Crippen MR) is 87.7 cm³/mol. The Morgan fingerprint density at radius 2 is 1.76 bits per heavy atom. The minimum absolute atomic E-state index is 0.182. The molecular formula is C18H28N2O. The Morgan fingerprint density at radius 3 is 2.33 bits per heavy atom. The van der Waals surface area contributed by atoms with E-state index in [4.69, 9.17) is 0 Å². The number of rotatable bonds is 4. The van der Waals surface area contributed by atoms with Crippen LogP contribution in [0.15, 0.2) is 18.2 Å². The Balaban J connectivity index is 1.89. The number of piperazine rings is 1. The largest absolute Gasteiger partial charge is 0.336 e. The van der Waals surface area contributed by atoms with Crippen LogP contribution < -0.4 is 0 Å². The summed E-state index contributed by atoms with van der Waals surface area (Å²) in [4.78, 5) is 17.0. The van der Waals surface area contributed by atoms with E-state index >= 15 is 0 Å². The molecular weight excluding hydrogens is 260 g/mol. The normalized spacial score (nSPS) is 16.5. The van der Waals surface area contributed by atoms with Crippen molar-refractivity contribution in [2.75, 3.05) is 32.7 Å². The van der Waals surface area contributed by atoms with Crippen molar-refractivity contribution >= 4 is 5.91 Å². The van der Waals surface area contributed by atoms with Crippen LogP contribution in [0.1, 0.15) is 41.8 Å². The molecule has 1 fully saturated rings. The van der Waals surface area contributed by atoms with Gasteiger partial charge in [-0.1, -0.05) is 19.9 Å². The highest BCUT2D eigenvalue weighted by Gasteiger charge is 2.22. The fourth-order valence-electron chi connectivity index (χ4n) is 2.67. The first-order chi connectivity index (χ1) is 9.97. The van der Waals surface area contributed by atoms with Gasteiger partial charge in [0.1, 0.15) is 0 Å². The Kier molecular flexibility index (Phi) is 5.40. The van der Waals surface area contributed by atoms with Crippen LogP contribution in [0, 0.1) is 19.8 Å². The highest BCUT2D eigenvalue weighted by Crippen LogP contribution is 2.14. The molecule has 0 bridgehead atoms. The van der Waals surface area contributed by atoms with E-state index in [0.29, 0.717) is 0 Å². The maximum absolute atomic E-state index is 12.5. The van der Waals surface area contributed by atoms with Gasteiger partial charge in [0.15, 0.2) is 0 Å². The molecule has 1 amide bonds. The molecule has 0 aliphatic carbocycles. The quantitative estimate of drug-likeness (QED) is 0.850. The third-order valence-electron chi connectivity index (χ3n) is 4.44. The van der Waals surface area contributed by atoms with Crippen LogP contribution in [-0.2, 0) is 0 Å². The Labute approximate surface area is 128 Å². The highest BCUT2D eigenvalue weighted by molar-refractivity contribution is 5.94. The molecule has 0 unspecified atom stereocenters. The van der Waals surface area contributed by atoms with E-state index in [1.807, 2.05) is 23.1 Å². The summed E-state index contributed by atoms with van der Waals surface area (Å²) in [6.45, 7) is 13.5. The fourth-order valence-corrected chi connectivity index (χ4v) is 2.67. The molecule has 1 aliphatic heterocycles. The molecule has 0 aromatic heterocycles. The fraction of sp³-hybridized carbons (Fsp3) is 0.611. The third kappa shape index (κ3) is 4.31. The van der Waals surface area contributed by atoms with Gasteiger partial charge < -0.3 is 4.90 Å². The second-order valence-electron chi connectivity index (χ2n) is 6.62. The van der Waals surface area contributed by atoms with Crippen LogP contribution in [0.25, 0.3) is 0 Å². The first-order valence-electron chi connectivity index (χ1n) is 8.06. The molecule has 116 valence electrons. The maximum atomic E-state index is 12.5. The molecule has 1 heterocycles. The molecule has 1 aromatic carbocycles. The number of nitrogens with zero attached hydrogens (tertiary/aromatic N) is 2. The highest BCUT2D eigenvalue weighted by atomic mass is 16.2. The van der Waals surface area contributed by atoms with Crippen molar-refractivity contribution in [1.29, 1.82) is 0 Å². The lowest BCUT2D eigenvalue weighted by Crippen LogP contribution is -2.49. The summed E-state index contributed by atoms with van der Waals surface area (Å²) in [6.07, 6.45) is 1.24. The van der Waals surface area contributed by atoms with Crippen molar-refractivity contribution in [1.82, 2.24) is 9.80 Å². The summed E-state index contributed by atoms with van der Waals surface area (Å²) < 4.78 is 0. The molecule has 2 rings (SSSR count). The smallest absolute Gasteiger partial charge is 0.253 e. The molecule has 3 nitrogen and oxygen atoms in total. The molecule has 0 N–H and O–H groups in total. The molecule has 1 aromatic rings. The zero-order chi connectivity index (χ0) is 15.4. The van der Waals surface area contributed by atoms with Crippen molar-refractivity contribution in [2.45, 2.75) is 34.1 Å². The molecule has 0 atom stereocenters. The zero-order valence-electron chi connectivity index (χ0n) is 13.9. The summed E-state index contributed by atoms with van der Waals surface area (Å²) >= 11 is 0. The zero-order valence-corrected chi connectivity index (χ0v) is 13.9. The average Bonchev–Trinajstić information content (AvgIpc) is 2.48. The first kappa shape index (κ1) is 16.0. The topological polar surface area (TPSA) is 23.6 Å². The van der Waals surface area contributed by atoms with Crippen molar-refractivity contribution in [3.8, 4) is 0 Å². The first-order valence-corrected chi connectivity index (χ1v) is 8.06. The minimum atomic E-state index is 0.182. The van der Waals surface area contributed by atoms with Crippen molar-refractivity contribution in [3.63, 3.8) is 0 Å². The summed E-state index contributed by atoms with van der Waals surface area (Å²) in [5.41, 5.74) is 3.26. The number of hydrogen-bond donors (Lipinski definition) is 0. The van der Waals surface area contributed by atoms with Gasteiger partial charge in [-0.25, -0.2) is 0 Å². The van der Waals surface area contributed by atoms with E-state index < -0.39 is 0 Å². The lowest BCUT2D eigenvalue weighted by atomic mass is 10.1. The number of carbonyl (C=O) groups excluding carboxylic acids is 1. The second-order valence-corrected chi connectivity index (χ2v) is 6.62. The van der Waals surface area contributed by atoms with Crippen molar-refractivity contribution < 1.29 is 4.79 Å². The Bertz CT molecular complexity index is 488. The summed E-state index contributed by atoms with van der Waals surface area (Å²) in [6, 6.07) is 6.01. The van der Waals surface area contributed by atoms with Gasteiger partial charge in [-0.3, -0.25) is 9.69 Å². The van der Waals surface area contributed by atoms with Gasteiger partial charge >= 0.3 is 0 Å². The molecule has 1 aliphatic rings. The lowest BCUT2D eigenvalue weighted by Gasteiger charge is -2.35. The Morgan fingerprint density at radius 1 is 1.10 bits per heavy atom. The number of amides is 1. The number of carbonyl (C=O) groups is 1. The van der Waals surface area contributed by atoms with Crippen molar-refractivity contribution in [2.24, 2.45) is 5.92 Å². The van der Waals surface area contributed by atoms with Gasteiger partial charge in [0.05, 0.1) is 0 Å². The van der Waals surface area contributed by atoms with Gasteiger partial charge in [0.25, 0.3) is 5.91 Å². The van der Waals surface area contributed by atoms with E-state index in [-0.39, 0.29) is 5.91 Å². The van der Waals surface area contributed by atoms with Crippen LogP contribution in [0.5, 0.6) is 0 Å². The van der Waals surface area contributed by atoms with E-state index in [1.54, 1.807) is 0 Å². The minimum Gasteiger partial charge on any atom is -0.336 e. The van der Waals surface area contributed by atoms with Gasteiger partial charge in [0, 0.05) is 31.7 Å². The van der Waals surface area contributed by atoms with E-state index in [9.17, 15) is 4.79 Å². The van der Waals surface area contributed by atoms with Gasteiger partial charge in [-0.15, -0.1) is 0 Å². The van der Waals surface area contributed by atoms with E-state index in [1.165, 1.54) is 17.5 Å². The monoisotopic (exact) mass is 288 g/mol. The molecule has 1 saturated heterocycles. The average molecular weight is 288 g/mol. The molecule has 3 heteroatoms. The van der Waals surface area contributed by atoms with Gasteiger partial charge in [-0.05, 0) is 56.0 Å². The predicted octanol–water partition coefficient (Wildman–Crippen LogP) is 3.11. The van der Waals surface area contributed by atoms with Crippen LogP contribution >= 0.6 is 0 Å². The lowest BCUT2D eigenvalue weighted by molar-refractivity contribution is 0.0631. The van der Waals surface area contributed by atoms with Crippen LogP contribution in [-0.4, -0.2) is 48.4 Å². The van der Waals surface area contributed by atoms with E-state index in [0.717, 1.165) is 44.2 Å². The van der Waals surface area contributed by atoms with Gasteiger partial charge in [0.2, 0.25) is 0 Å². The van der Waals surface area contributed by atoms with E-state index in [2.05, 4.69) is 32.6 Å². The molecule has 0 spiro atoms. The standard InChI is InChI=1S/C18H28N2O/c1-14(2)7-8-19-9-11-20(12-10-19)18(21)17-6-5-15(3)16(4)13-17/h5-6,13-14H,7-12H2,1-4H3. The van der Waals surface area contributed by atoms with Crippen LogP contribution in [0.2, 0.25) is 0 Å². The summed E-state index contributed by atoms with van der Waals surface area (Å²) in [7, 11) is 0. The maximum Gasteiger partial charge on any atom is 0.253 e. The SMILES string of the molecule is Cc1ccc(C(=O)N2CCN(CCC(C)C)CC2)cc1C. The van der Waals surface area contributed by atoms with Gasteiger partial charge in [-0.2, -0.15) is 0 Å². The summed E-state index contributed by atoms with van der Waals surface area (Å²) in [5, 5.41) is 0. The number of hydrogen-bond acceptors (Lipinski definition) is 2. The van der Waals surface area contributed by atoms with Crippen LogP contribution in [0.3, 0.4) is 0 Å². The summed E-state index contributed by atoms with van der Waals surface area (Å²) in [5.74, 6) is 0.932. The van der Waals surface area contributed by atoms with Crippen LogP contribution in [0.4, 0.5) is 0 Å². The molecule has 0 saturated carbocycles.